The van der Waals surface area contributed by atoms with Gasteiger partial charge in [-0.25, -0.2) is 9.18 Å². The molecule has 1 N–H and O–H groups in total. The molecule has 2 aromatic carbocycles. The van der Waals surface area contributed by atoms with Gasteiger partial charge in [-0.15, -0.1) is 0 Å². The second kappa shape index (κ2) is 6.13. The number of carboxylic acid groups (broad SMARTS) is 1. The maximum Gasteiger partial charge on any atom is 0.335 e. The molecule has 0 heterocycles. The van der Waals surface area contributed by atoms with E-state index in [9.17, 15) is 9.18 Å². The molecule has 110 valence electrons. The van der Waals surface area contributed by atoms with E-state index in [0.717, 1.165) is 6.07 Å². The van der Waals surface area contributed by atoms with Crippen LogP contribution in [0.1, 0.15) is 10.4 Å². The van der Waals surface area contributed by atoms with Crippen LogP contribution in [-0.2, 0) is 0 Å². The fraction of sp³-hybridized carbons (Fsp3) is 0.133. The van der Waals surface area contributed by atoms with Crippen LogP contribution in [0, 0.1) is 5.82 Å². The van der Waals surface area contributed by atoms with Crippen molar-refractivity contribution in [3.63, 3.8) is 0 Å². The highest BCUT2D eigenvalue weighted by Crippen LogP contribution is 2.32. The Labute approximate surface area is 120 Å². The lowest BCUT2D eigenvalue weighted by molar-refractivity contribution is 0.0696. The largest absolute Gasteiger partial charge is 0.496 e. The van der Waals surface area contributed by atoms with E-state index >= 15 is 0 Å². The molecule has 0 bridgehead atoms. The zero-order valence-electron chi connectivity index (χ0n) is 11.4. The summed E-state index contributed by atoms with van der Waals surface area (Å²) in [6, 6.07) is 8.19. The number of rotatable bonds is 5. The van der Waals surface area contributed by atoms with Crippen molar-refractivity contribution in [1.82, 2.24) is 0 Å². The molecule has 0 radical (unpaired) electrons. The van der Waals surface area contributed by atoms with Crippen molar-refractivity contribution in [2.75, 3.05) is 14.2 Å². The van der Waals surface area contributed by atoms with Crippen LogP contribution in [0.15, 0.2) is 36.4 Å². The summed E-state index contributed by atoms with van der Waals surface area (Å²) in [7, 11) is 2.97. The lowest BCUT2D eigenvalue weighted by Gasteiger charge is -2.10. The van der Waals surface area contributed by atoms with E-state index in [-0.39, 0.29) is 11.3 Å². The summed E-state index contributed by atoms with van der Waals surface area (Å²) >= 11 is 0. The number of benzene rings is 2. The van der Waals surface area contributed by atoms with Gasteiger partial charge in [-0.3, -0.25) is 0 Å². The standard InChI is InChI=1S/C15H13FO5/c1-19-10-6-11(20-2)8-12(7-10)21-14-4-3-9(15(17)18)5-13(14)16/h3-8H,1-2H3,(H,17,18). The maximum atomic E-state index is 13.8. The Hall–Kier alpha value is -2.76. The molecule has 6 heteroatoms. The molecular formula is C15H13FO5. The van der Waals surface area contributed by atoms with E-state index in [1.807, 2.05) is 0 Å². The smallest absolute Gasteiger partial charge is 0.335 e. The van der Waals surface area contributed by atoms with Gasteiger partial charge < -0.3 is 19.3 Å². The molecular weight excluding hydrogens is 279 g/mol. The number of hydrogen-bond donors (Lipinski definition) is 1. The molecule has 0 aromatic heterocycles. The summed E-state index contributed by atoms with van der Waals surface area (Å²) in [5.74, 6) is -0.762. The van der Waals surface area contributed by atoms with Crippen molar-refractivity contribution in [3.05, 3.63) is 47.8 Å². The van der Waals surface area contributed by atoms with Crippen molar-refractivity contribution in [2.24, 2.45) is 0 Å². The van der Waals surface area contributed by atoms with E-state index in [1.54, 1.807) is 18.2 Å². The molecule has 0 aliphatic rings. The number of carbonyl (C=O) groups is 1. The summed E-state index contributed by atoms with van der Waals surface area (Å²) in [5.41, 5.74) is -0.150. The van der Waals surface area contributed by atoms with Gasteiger partial charge in [0.15, 0.2) is 11.6 Å². The minimum atomic E-state index is -1.21. The highest BCUT2D eigenvalue weighted by Gasteiger charge is 2.11. The van der Waals surface area contributed by atoms with Crippen LogP contribution in [0.5, 0.6) is 23.0 Å². The highest BCUT2D eigenvalue weighted by atomic mass is 19.1. The van der Waals surface area contributed by atoms with Crippen LogP contribution in [0.2, 0.25) is 0 Å². The van der Waals surface area contributed by atoms with Crippen molar-refractivity contribution >= 4 is 5.97 Å². The molecule has 0 aliphatic carbocycles. The van der Waals surface area contributed by atoms with E-state index in [0.29, 0.717) is 17.2 Å². The average molecular weight is 292 g/mol. The molecule has 0 saturated heterocycles. The molecule has 2 rings (SSSR count). The van der Waals surface area contributed by atoms with Gasteiger partial charge in [0.1, 0.15) is 17.2 Å². The molecule has 0 amide bonds. The molecule has 2 aromatic rings. The molecule has 5 nitrogen and oxygen atoms in total. The number of hydrogen-bond acceptors (Lipinski definition) is 4. The summed E-state index contributed by atoms with van der Waals surface area (Å²) in [5, 5.41) is 8.79. The molecule has 0 spiro atoms. The monoisotopic (exact) mass is 292 g/mol. The second-order valence-corrected chi connectivity index (χ2v) is 4.10. The van der Waals surface area contributed by atoms with Crippen LogP contribution >= 0.6 is 0 Å². The van der Waals surface area contributed by atoms with Crippen molar-refractivity contribution < 1.29 is 28.5 Å². The lowest BCUT2D eigenvalue weighted by Crippen LogP contribution is -1.98. The fourth-order valence-electron chi connectivity index (χ4n) is 1.68. The van der Waals surface area contributed by atoms with Gasteiger partial charge in [0.2, 0.25) is 0 Å². The van der Waals surface area contributed by atoms with E-state index in [2.05, 4.69) is 0 Å². The quantitative estimate of drug-likeness (QED) is 0.915. The third-order valence-corrected chi connectivity index (χ3v) is 2.73. The second-order valence-electron chi connectivity index (χ2n) is 4.10. The van der Waals surface area contributed by atoms with Crippen LogP contribution in [0.4, 0.5) is 4.39 Å². The van der Waals surface area contributed by atoms with Crippen LogP contribution in [-0.4, -0.2) is 25.3 Å². The Bertz CT molecular complexity index is 647. The molecule has 0 atom stereocenters. The molecule has 0 saturated carbocycles. The predicted molar refractivity (Wildman–Crippen MR) is 73.0 cm³/mol. The maximum absolute atomic E-state index is 13.8. The normalized spacial score (nSPS) is 10.0. The average Bonchev–Trinajstić information content (AvgIpc) is 2.48. The van der Waals surface area contributed by atoms with Gasteiger partial charge in [0.05, 0.1) is 19.8 Å². The van der Waals surface area contributed by atoms with Gasteiger partial charge >= 0.3 is 5.97 Å². The Morgan fingerprint density at radius 2 is 1.57 bits per heavy atom. The van der Waals surface area contributed by atoms with Crippen LogP contribution in [0.3, 0.4) is 0 Å². The molecule has 0 aliphatic heterocycles. The first-order valence-electron chi connectivity index (χ1n) is 5.97. The molecule has 21 heavy (non-hydrogen) atoms. The summed E-state index contributed by atoms with van der Waals surface area (Å²) in [6.07, 6.45) is 0. The minimum absolute atomic E-state index is 0.0877. The van der Waals surface area contributed by atoms with Crippen molar-refractivity contribution in [3.8, 4) is 23.0 Å². The van der Waals surface area contributed by atoms with Crippen molar-refractivity contribution in [2.45, 2.75) is 0 Å². The minimum Gasteiger partial charge on any atom is -0.496 e. The first kappa shape index (κ1) is 14.6. The van der Waals surface area contributed by atoms with Gasteiger partial charge in [-0.1, -0.05) is 0 Å². The summed E-state index contributed by atoms with van der Waals surface area (Å²) in [4.78, 5) is 10.7. The number of halogens is 1. The third-order valence-electron chi connectivity index (χ3n) is 2.73. The predicted octanol–water partition coefficient (Wildman–Crippen LogP) is 3.33. The zero-order chi connectivity index (χ0) is 15.4. The van der Waals surface area contributed by atoms with E-state index in [4.69, 9.17) is 19.3 Å². The first-order chi connectivity index (χ1) is 10.0. The highest BCUT2D eigenvalue weighted by molar-refractivity contribution is 5.87. The van der Waals surface area contributed by atoms with Crippen LogP contribution < -0.4 is 14.2 Å². The SMILES string of the molecule is COc1cc(OC)cc(Oc2ccc(C(=O)O)cc2F)c1. The third kappa shape index (κ3) is 3.42. The molecule has 0 fully saturated rings. The van der Waals surface area contributed by atoms with Gasteiger partial charge in [-0.05, 0) is 18.2 Å². The van der Waals surface area contributed by atoms with E-state index in [1.165, 1.54) is 26.4 Å². The Kier molecular flexibility index (Phi) is 4.27. The Balaban J connectivity index is 2.31. The number of aromatic carboxylic acids is 1. The Morgan fingerprint density at radius 1 is 1.00 bits per heavy atom. The van der Waals surface area contributed by atoms with Gasteiger partial charge in [0, 0.05) is 18.2 Å². The lowest BCUT2D eigenvalue weighted by atomic mass is 10.2. The summed E-state index contributed by atoms with van der Waals surface area (Å²) < 4.78 is 29.4. The van der Waals surface area contributed by atoms with Gasteiger partial charge in [0.25, 0.3) is 0 Å². The van der Waals surface area contributed by atoms with Crippen LogP contribution in [0.25, 0.3) is 0 Å². The zero-order valence-corrected chi connectivity index (χ0v) is 11.4. The number of carboxylic acids is 1. The Morgan fingerprint density at radius 3 is 2.05 bits per heavy atom. The summed E-state index contributed by atoms with van der Waals surface area (Å²) in [6.45, 7) is 0. The fourth-order valence-corrected chi connectivity index (χ4v) is 1.68. The van der Waals surface area contributed by atoms with Gasteiger partial charge in [-0.2, -0.15) is 0 Å². The number of methoxy groups -OCH3 is 2. The van der Waals surface area contributed by atoms with E-state index < -0.39 is 11.8 Å². The number of ether oxygens (including phenoxy) is 3. The molecule has 0 unspecified atom stereocenters. The van der Waals surface area contributed by atoms with Crippen molar-refractivity contribution in [1.29, 1.82) is 0 Å². The first-order valence-corrected chi connectivity index (χ1v) is 5.97. The topological polar surface area (TPSA) is 65.0 Å².